The molecular formula is C11H16BrNO. The van der Waals surface area contributed by atoms with Crippen LogP contribution in [0, 0.1) is 6.92 Å². The van der Waals surface area contributed by atoms with Crippen LogP contribution in [0.2, 0.25) is 0 Å². The van der Waals surface area contributed by atoms with Crippen LogP contribution >= 0.6 is 15.9 Å². The summed E-state index contributed by atoms with van der Waals surface area (Å²) < 4.78 is 1.09. The van der Waals surface area contributed by atoms with Crippen molar-refractivity contribution in [3.05, 3.63) is 28.2 Å². The maximum absolute atomic E-state index is 8.75. The number of aliphatic hydroxyl groups excluding tert-OH is 1. The number of hydrogen-bond donors (Lipinski definition) is 1. The predicted octanol–water partition coefficient (Wildman–Crippen LogP) is 2.58. The van der Waals surface area contributed by atoms with Gasteiger partial charge in [0.05, 0.1) is 0 Å². The van der Waals surface area contributed by atoms with Gasteiger partial charge in [-0.05, 0) is 31.0 Å². The Labute approximate surface area is 93.7 Å². The van der Waals surface area contributed by atoms with Crippen molar-refractivity contribution in [1.29, 1.82) is 0 Å². The molecule has 0 amide bonds. The lowest BCUT2D eigenvalue weighted by Crippen LogP contribution is -2.20. The van der Waals surface area contributed by atoms with Crippen LogP contribution in [0.3, 0.4) is 0 Å². The zero-order valence-electron chi connectivity index (χ0n) is 8.63. The van der Waals surface area contributed by atoms with E-state index in [1.165, 1.54) is 11.3 Å². The van der Waals surface area contributed by atoms with Gasteiger partial charge in [0.15, 0.2) is 0 Å². The molecule has 1 rings (SSSR count). The van der Waals surface area contributed by atoms with Gasteiger partial charge >= 0.3 is 0 Å². The topological polar surface area (TPSA) is 23.5 Å². The lowest BCUT2D eigenvalue weighted by atomic mass is 10.2. The van der Waals surface area contributed by atoms with E-state index in [4.69, 9.17) is 5.11 Å². The van der Waals surface area contributed by atoms with E-state index >= 15 is 0 Å². The number of hydrogen-bond acceptors (Lipinski definition) is 2. The van der Waals surface area contributed by atoms with Crippen molar-refractivity contribution >= 4 is 21.6 Å². The van der Waals surface area contributed by atoms with Crippen molar-refractivity contribution in [1.82, 2.24) is 0 Å². The van der Waals surface area contributed by atoms with Crippen molar-refractivity contribution in [3.8, 4) is 0 Å². The molecule has 14 heavy (non-hydrogen) atoms. The van der Waals surface area contributed by atoms with Gasteiger partial charge in [-0.15, -0.1) is 0 Å². The second kappa shape index (κ2) is 5.37. The summed E-state index contributed by atoms with van der Waals surface area (Å²) in [5, 5.41) is 8.75. The quantitative estimate of drug-likeness (QED) is 0.897. The molecular weight excluding hydrogens is 242 g/mol. The second-order valence-corrected chi connectivity index (χ2v) is 4.35. The van der Waals surface area contributed by atoms with Crippen molar-refractivity contribution in [2.45, 2.75) is 13.3 Å². The van der Waals surface area contributed by atoms with E-state index in [1.54, 1.807) is 0 Å². The fraction of sp³-hybridized carbons (Fsp3) is 0.455. The SMILES string of the molecule is Cc1ccc(Br)cc1N(C)CCCO. The summed E-state index contributed by atoms with van der Waals surface area (Å²) in [7, 11) is 2.05. The van der Waals surface area contributed by atoms with Gasteiger partial charge in [-0.1, -0.05) is 22.0 Å². The Bertz CT molecular complexity index is 301. The van der Waals surface area contributed by atoms with Crippen molar-refractivity contribution < 1.29 is 5.11 Å². The van der Waals surface area contributed by atoms with Gasteiger partial charge in [0.1, 0.15) is 0 Å². The summed E-state index contributed by atoms with van der Waals surface area (Å²) in [5.41, 5.74) is 2.47. The number of anilines is 1. The zero-order chi connectivity index (χ0) is 10.6. The molecule has 3 heteroatoms. The normalized spacial score (nSPS) is 10.3. The Hall–Kier alpha value is -0.540. The van der Waals surface area contributed by atoms with E-state index in [9.17, 15) is 0 Å². The third-order valence-electron chi connectivity index (χ3n) is 2.23. The molecule has 78 valence electrons. The second-order valence-electron chi connectivity index (χ2n) is 3.43. The molecule has 0 heterocycles. The van der Waals surface area contributed by atoms with Gasteiger partial charge < -0.3 is 10.0 Å². The molecule has 0 radical (unpaired) electrons. The smallest absolute Gasteiger partial charge is 0.0447 e. The molecule has 0 aliphatic heterocycles. The van der Waals surface area contributed by atoms with E-state index in [0.717, 1.165) is 17.4 Å². The number of aryl methyl sites for hydroxylation is 1. The number of benzene rings is 1. The third kappa shape index (κ3) is 3.00. The molecule has 0 aliphatic rings. The van der Waals surface area contributed by atoms with Crippen LogP contribution in [0.25, 0.3) is 0 Å². The maximum Gasteiger partial charge on any atom is 0.0447 e. The van der Waals surface area contributed by atoms with Crippen LogP contribution in [-0.2, 0) is 0 Å². The first-order valence-electron chi connectivity index (χ1n) is 4.73. The zero-order valence-corrected chi connectivity index (χ0v) is 10.2. The fourth-order valence-corrected chi connectivity index (χ4v) is 1.77. The molecule has 2 nitrogen and oxygen atoms in total. The molecule has 0 aliphatic carbocycles. The van der Waals surface area contributed by atoms with Crippen LogP contribution in [-0.4, -0.2) is 25.3 Å². The Kier molecular flexibility index (Phi) is 4.42. The first kappa shape index (κ1) is 11.5. The molecule has 0 aromatic heterocycles. The Morgan fingerprint density at radius 2 is 2.14 bits per heavy atom. The van der Waals surface area contributed by atoms with Crippen LogP contribution in [0.15, 0.2) is 22.7 Å². The lowest BCUT2D eigenvalue weighted by molar-refractivity contribution is 0.290. The molecule has 1 aromatic carbocycles. The van der Waals surface area contributed by atoms with Crippen molar-refractivity contribution in [3.63, 3.8) is 0 Å². The summed E-state index contributed by atoms with van der Waals surface area (Å²) in [6.07, 6.45) is 0.808. The number of halogens is 1. The largest absolute Gasteiger partial charge is 0.396 e. The Balaban J connectivity index is 2.77. The molecule has 0 saturated heterocycles. The van der Waals surface area contributed by atoms with E-state index in [2.05, 4.69) is 39.9 Å². The molecule has 1 N–H and O–H groups in total. The van der Waals surface area contributed by atoms with E-state index in [-0.39, 0.29) is 6.61 Å². The summed E-state index contributed by atoms with van der Waals surface area (Å²) in [5.74, 6) is 0. The minimum Gasteiger partial charge on any atom is -0.396 e. The monoisotopic (exact) mass is 257 g/mol. The Morgan fingerprint density at radius 1 is 1.43 bits per heavy atom. The molecule has 0 atom stereocenters. The minimum atomic E-state index is 0.247. The highest BCUT2D eigenvalue weighted by Crippen LogP contribution is 2.23. The number of nitrogens with zero attached hydrogens (tertiary/aromatic N) is 1. The lowest BCUT2D eigenvalue weighted by Gasteiger charge is -2.21. The molecule has 1 aromatic rings. The average molecular weight is 258 g/mol. The highest BCUT2D eigenvalue weighted by molar-refractivity contribution is 9.10. The van der Waals surface area contributed by atoms with Crippen molar-refractivity contribution in [2.24, 2.45) is 0 Å². The van der Waals surface area contributed by atoms with Gasteiger partial charge in [0.2, 0.25) is 0 Å². The third-order valence-corrected chi connectivity index (χ3v) is 2.73. The first-order chi connectivity index (χ1) is 6.65. The van der Waals surface area contributed by atoms with E-state index in [0.29, 0.717) is 0 Å². The van der Waals surface area contributed by atoms with Gasteiger partial charge in [-0.2, -0.15) is 0 Å². The van der Waals surface area contributed by atoms with Gasteiger partial charge in [0.25, 0.3) is 0 Å². The summed E-state index contributed by atoms with van der Waals surface area (Å²) in [6.45, 7) is 3.22. The molecule has 0 saturated carbocycles. The summed E-state index contributed by atoms with van der Waals surface area (Å²) in [6, 6.07) is 6.24. The van der Waals surface area contributed by atoms with Crippen molar-refractivity contribution in [2.75, 3.05) is 25.1 Å². The number of rotatable bonds is 4. The summed E-state index contributed by atoms with van der Waals surface area (Å²) >= 11 is 3.46. The van der Waals surface area contributed by atoms with Crippen LogP contribution < -0.4 is 4.90 Å². The first-order valence-corrected chi connectivity index (χ1v) is 5.52. The van der Waals surface area contributed by atoms with E-state index < -0.39 is 0 Å². The fourth-order valence-electron chi connectivity index (χ4n) is 1.42. The van der Waals surface area contributed by atoms with Gasteiger partial charge in [0, 0.05) is 30.4 Å². The highest BCUT2D eigenvalue weighted by atomic mass is 79.9. The van der Waals surface area contributed by atoms with Gasteiger partial charge in [-0.25, -0.2) is 0 Å². The minimum absolute atomic E-state index is 0.247. The predicted molar refractivity (Wildman–Crippen MR) is 63.9 cm³/mol. The Morgan fingerprint density at radius 3 is 2.79 bits per heavy atom. The van der Waals surface area contributed by atoms with Crippen LogP contribution in [0.4, 0.5) is 5.69 Å². The molecule has 0 bridgehead atoms. The standard InChI is InChI=1S/C11H16BrNO/c1-9-4-5-10(12)8-11(9)13(2)6-3-7-14/h4-5,8,14H,3,6-7H2,1-2H3. The number of aliphatic hydroxyl groups is 1. The summed E-state index contributed by atoms with van der Waals surface area (Å²) in [4.78, 5) is 2.16. The van der Waals surface area contributed by atoms with Crippen LogP contribution in [0.1, 0.15) is 12.0 Å². The average Bonchev–Trinajstić information content (AvgIpc) is 2.18. The highest BCUT2D eigenvalue weighted by Gasteiger charge is 2.04. The maximum atomic E-state index is 8.75. The van der Waals surface area contributed by atoms with Gasteiger partial charge in [-0.3, -0.25) is 0 Å². The molecule has 0 unspecified atom stereocenters. The van der Waals surface area contributed by atoms with Crippen LogP contribution in [0.5, 0.6) is 0 Å². The molecule has 0 fully saturated rings. The van der Waals surface area contributed by atoms with E-state index in [1.807, 2.05) is 13.1 Å². The molecule has 0 spiro atoms.